The van der Waals surface area contributed by atoms with Gasteiger partial charge in [0.1, 0.15) is 23.0 Å². The number of aryl methyl sites for hydroxylation is 1. The monoisotopic (exact) mass is 617 g/mol. The zero-order valence-corrected chi connectivity index (χ0v) is 25.5. The van der Waals surface area contributed by atoms with Crippen LogP contribution in [0, 0.1) is 6.92 Å². The molecule has 45 heavy (non-hydrogen) atoms. The molecule has 0 aliphatic carbocycles. The minimum Gasteiger partial charge on any atom is -0.496 e. The van der Waals surface area contributed by atoms with Crippen molar-refractivity contribution in [2.24, 2.45) is 0 Å². The van der Waals surface area contributed by atoms with E-state index in [4.69, 9.17) is 9.15 Å². The molecule has 0 saturated heterocycles. The van der Waals surface area contributed by atoms with E-state index in [-0.39, 0.29) is 17.4 Å². The number of rotatable bonds is 11. The number of furan rings is 1. The van der Waals surface area contributed by atoms with Crippen LogP contribution in [0.25, 0.3) is 17.4 Å². The predicted molar refractivity (Wildman–Crippen MR) is 178 cm³/mol. The molecule has 0 atom stereocenters. The number of methoxy groups -OCH3 is 1. The van der Waals surface area contributed by atoms with E-state index in [2.05, 4.69) is 16.0 Å². The molecule has 9 heteroatoms. The van der Waals surface area contributed by atoms with E-state index < -0.39 is 11.8 Å². The smallest absolute Gasteiger partial charge is 0.272 e. The molecular weight excluding hydrogens is 586 g/mol. The topological polar surface area (TPSA) is 110 Å². The van der Waals surface area contributed by atoms with Crippen LogP contribution < -0.4 is 20.7 Å². The first-order valence-corrected chi connectivity index (χ1v) is 15.1. The molecule has 8 nitrogen and oxygen atoms in total. The summed E-state index contributed by atoms with van der Waals surface area (Å²) < 4.78 is 11.5. The molecule has 3 amide bonds. The summed E-state index contributed by atoms with van der Waals surface area (Å²) in [6.07, 6.45) is 1.48. The summed E-state index contributed by atoms with van der Waals surface area (Å²) in [5, 5.41) is 8.43. The Balaban J connectivity index is 1.28. The highest BCUT2D eigenvalue weighted by atomic mass is 32.2. The minimum atomic E-state index is -0.535. The number of carbonyl (C=O) groups excluding carboxylic acids is 3. The van der Waals surface area contributed by atoms with Crippen LogP contribution in [-0.4, -0.2) is 30.6 Å². The Morgan fingerprint density at radius 3 is 2.18 bits per heavy atom. The molecule has 1 aromatic heterocycles. The van der Waals surface area contributed by atoms with E-state index in [0.717, 1.165) is 21.7 Å². The Kier molecular flexibility index (Phi) is 10.1. The van der Waals surface area contributed by atoms with Crippen LogP contribution in [0.2, 0.25) is 0 Å². The number of ether oxygens (including phenoxy) is 1. The normalized spacial score (nSPS) is 11.0. The fourth-order valence-corrected chi connectivity index (χ4v) is 5.02. The standard InChI is InChI=1S/C36H31N3O5S/c1-24-12-14-26(15-13-24)37-34(40)23-45-29-19-16-27(17-20-29)38-36(42)31(39-35(41)25-8-4-3-5-9-25)22-28-18-21-33(44-28)30-10-6-7-11-32(30)43-2/h3-22H,23H2,1-2H3,(H,37,40)(H,38,42)(H,39,41). The van der Waals surface area contributed by atoms with Gasteiger partial charge in [-0.05, 0) is 79.7 Å². The molecule has 0 aliphatic heterocycles. The molecule has 3 N–H and O–H groups in total. The second-order valence-electron chi connectivity index (χ2n) is 9.96. The third kappa shape index (κ3) is 8.52. The first-order valence-electron chi connectivity index (χ1n) is 14.1. The first kappa shape index (κ1) is 30.9. The number of hydrogen-bond acceptors (Lipinski definition) is 6. The maximum absolute atomic E-state index is 13.4. The van der Waals surface area contributed by atoms with Gasteiger partial charge in [-0.3, -0.25) is 14.4 Å². The van der Waals surface area contributed by atoms with Crippen LogP contribution >= 0.6 is 11.8 Å². The molecule has 0 aliphatic rings. The summed E-state index contributed by atoms with van der Waals surface area (Å²) in [5.41, 5.74) is 3.54. The van der Waals surface area contributed by atoms with Gasteiger partial charge >= 0.3 is 0 Å². The number of thioether (sulfide) groups is 1. The SMILES string of the molecule is COc1ccccc1-c1ccc(C=C(NC(=O)c2ccccc2)C(=O)Nc2ccc(SCC(=O)Nc3ccc(C)cc3)cc2)o1. The van der Waals surface area contributed by atoms with E-state index in [0.29, 0.717) is 28.5 Å². The lowest BCUT2D eigenvalue weighted by atomic mass is 10.1. The van der Waals surface area contributed by atoms with Crippen molar-refractivity contribution in [3.05, 3.63) is 138 Å². The molecular formula is C36H31N3O5S. The zero-order chi connectivity index (χ0) is 31.6. The average molecular weight is 618 g/mol. The minimum absolute atomic E-state index is 0.00370. The van der Waals surface area contributed by atoms with E-state index in [1.807, 2.05) is 67.6 Å². The quantitative estimate of drug-likeness (QED) is 0.105. The van der Waals surface area contributed by atoms with Gasteiger partial charge in [-0.2, -0.15) is 0 Å². The highest BCUT2D eigenvalue weighted by molar-refractivity contribution is 8.00. The first-order chi connectivity index (χ1) is 21.9. The van der Waals surface area contributed by atoms with Gasteiger partial charge in [0, 0.05) is 27.9 Å². The number of nitrogens with one attached hydrogen (secondary N) is 3. The molecule has 5 aromatic rings. The van der Waals surface area contributed by atoms with Crippen molar-refractivity contribution in [3.63, 3.8) is 0 Å². The van der Waals surface area contributed by atoms with Crippen LogP contribution in [0.3, 0.4) is 0 Å². The lowest BCUT2D eigenvalue weighted by molar-refractivity contribution is -0.114. The summed E-state index contributed by atoms with van der Waals surface area (Å²) in [7, 11) is 1.58. The van der Waals surface area contributed by atoms with Gasteiger partial charge in [-0.1, -0.05) is 48.0 Å². The van der Waals surface area contributed by atoms with E-state index in [9.17, 15) is 14.4 Å². The largest absolute Gasteiger partial charge is 0.496 e. The number of hydrogen-bond donors (Lipinski definition) is 3. The molecule has 0 unspecified atom stereocenters. The Morgan fingerprint density at radius 1 is 0.778 bits per heavy atom. The summed E-state index contributed by atoms with van der Waals surface area (Å²) >= 11 is 1.38. The summed E-state index contributed by atoms with van der Waals surface area (Å²) in [5.74, 6) is 0.705. The van der Waals surface area contributed by atoms with Crippen LogP contribution in [0.5, 0.6) is 5.75 Å². The molecule has 1 heterocycles. The van der Waals surface area contributed by atoms with Crippen molar-refractivity contribution in [3.8, 4) is 17.1 Å². The number of para-hydroxylation sites is 1. The van der Waals surface area contributed by atoms with E-state index >= 15 is 0 Å². The Labute approximate surface area is 265 Å². The van der Waals surface area contributed by atoms with Crippen LogP contribution in [0.15, 0.2) is 130 Å². The van der Waals surface area contributed by atoms with Crippen molar-refractivity contribution in [2.75, 3.05) is 23.5 Å². The van der Waals surface area contributed by atoms with Crippen molar-refractivity contribution in [1.82, 2.24) is 5.32 Å². The Bertz CT molecular complexity index is 1810. The molecule has 0 radical (unpaired) electrons. The number of benzene rings is 4. The number of carbonyl (C=O) groups is 3. The highest BCUT2D eigenvalue weighted by Crippen LogP contribution is 2.31. The van der Waals surface area contributed by atoms with Crippen LogP contribution in [0.1, 0.15) is 21.7 Å². The molecule has 226 valence electrons. The lowest BCUT2D eigenvalue weighted by Crippen LogP contribution is -2.30. The Morgan fingerprint density at radius 2 is 1.44 bits per heavy atom. The van der Waals surface area contributed by atoms with Crippen molar-refractivity contribution < 1.29 is 23.5 Å². The molecule has 5 rings (SSSR count). The van der Waals surface area contributed by atoms with Gasteiger partial charge in [0.05, 0.1) is 18.4 Å². The van der Waals surface area contributed by atoms with Gasteiger partial charge in [0.15, 0.2) is 0 Å². The van der Waals surface area contributed by atoms with Crippen LogP contribution in [0.4, 0.5) is 11.4 Å². The number of amides is 3. The fourth-order valence-electron chi connectivity index (χ4n) is 4.32. The van der Waals surface area contributed by atoms with Gasteiger partial charge in [-0.15, -0.1) is 11.8 Å². The number of anilines is 2. The fraction of sp³-hybridized carbons (Fsp3) is 0.0833. The van der Waals surface area contributed by atoms with Gasteiger partial charge in [0.2, 0.25) is 5.91 Å². The van der Waals surface area contributed by atoms with Gasteiger partial charge < -0.3 is 25.1 Å². The van der Waals surface area contributed by atoms with Crippen molar-refractivity contribution in [1.29, 1.82) is 0 Å². The zero-order valence-electron chi connectivity index (χ0n) is 24.7. The highest BCUT2D eigenvalue weighted by Gasteiger charge is 2.17. The van der Waals surface area contributed by atoms with Crippen molar-refractivity contribution >= 4 is 46.9 Å². The maximum Gasteiger partial charge on any atom is 0.272 e. The van der Waals surface area contributed by atoms with E-state index in [1.54, 1.807) is 61.7 Å². The third-order valence-corrected chi connectivity index (χ3v) is 7.64. The second-order valence-corrected chi connectivity index (χ2v) is 11.0. The predicted octanol–water partition coefficient (Wildman–Crippen LogP) is 7.40. The van der Waals surface area contributed by atoms with E-state index in [1.165, 1.54) is 17.8 Å². The maximum atomic E-state index is 13.4. The average Bonchev–Trinajstić information content (AvgIpc) is 3.54. The van der Waals surface area contributed by atoms with Crippen LogP contribution in [-0.2, 0) is 9.59 Å². The van der Waals surface area contributed by atoms with Crippen molar-refractivity contribution in [2.45, 2.75) is 11.8 Å². The molecule has 4 aromatic carbocycles. The third-order valence-electron chi connectivity index (χ3n) is 6.63. The summed E-state index contributed by atoms with van der Waals surface area (Å²) in [6.45, 7) is 1.99. The summed E-state index contributed by atoms with van der Waals surface area (Å²) in [6, 6.07) is 34.3. The summed E-state index contributed by atoms with van der Waals surface area (Å²) in [4.78, 5) is 39.7. The molecule has 0 spiro atoms. The van der Waals surface area contributed by atoms with Gasteiger partial charge in [-0.25, -0.2) is 0 Å². The molecule has 0 saturated carbocycles. The lowest BCUT2D eigenvalue weighted by Gasteiger charge is -2.11. The molecule has 0 bridgehead atoms. The Hall–Kier alpha value is -5.54. The molecule has 0 fully saturated rings. The second kappa shape index (κ2) is 14.8. The van der Waals surface area contributed by atoms with Gasteiger partial charge in [0.25, 0.3) is 11.8 Å².